The van der Waals surface area contributed by atoms with Crippen molar-refractivity contribution in [3.63, 3.8) is 0 Å². The van der Waals surface area contributed by atoms with Gasteiger partial charge in [-0.3, -0.25) is 0 Å². The molecule has 3 aromatic carbocycles. The van der Waals surface area contributed by atoms with Gasteiger partial charge in [0.15, 0.2) is 0 Å². The molecule has 134 valence electrons. The number of ether oxygens (including phenoxy) is 1. The molecule has 26 heavy (non-hydrogen) atoms. The Morgan fingerprint density at radius 1 is 1.00 bits per heavy atom. The highest BCUT2D eigenvalue weighted by molar-refractivity contribution is 6.30. The lowest BCUT2D eigenvalue weighted by atomic mass is 10.0. The van der Waals surface area contributed by atoms with Gasteiger partial charge in [0.1, 0.15) is 6.10 Å². The first kappa shape index (κ1) is 18.4. The third-order valence-corrected chi connectivity index (χ3v) is 4.59. The first-order valence-electron chi connectivity index (χ1n) is 8.63. The molecule has 0 fully saturated rings. The van der Waals surface area contributed by atoms with Crippen molar-refractivity contribution >= 4 is 28.3 Å². The van der Waals surface area contributed by atoms with Crippen LogP contribution < -0.4 is 0 Å². The fourth-order valence-electron chi connectivity index (χ4n) is 2.94. The van der Waals surface area contributed by atoms with Gasteiger partial charge in [0, 0.05) is 18.0 Å². The fourth-order valence-corrected chi connectivity index (χ4v) is 3.07. The molecule has 0 aliphatic carbocycles. The number of benzene rings is 3. The number of carbonyl (C=O) groups is 1. The average molecular weight is 368 g/mol. The van der Waals surface area contributed by atoms with E-state index in [0.717, 1.165) is 22.9 Å². The van der Waals surface area contributed by atoms with Crippen LogP contribution in [0.1, 0.15) is 28.4 Å². The standard InChI is InChI=1S/C22H22ClNO2/c1-24(2)15-14-21(17-10-12-18(23)13-11-17)26-22(25)20-9-5-7-16-6-3-4-8-19(16)20/h3-13,21H,14-15H2,1-2H3. The molecule has 0 aliphatic heterocycles. The second-order valence-electron chi connectivity index (χ2n) is 6.56. The first-order valence-corrected chi connectivity index (χ1v) is 9.01. The number of hydrogen-bond acceptors (Lipinski definition) is 3. The minimum Gasteiger partial charge on any atom is -0.454 e. The van der Waals surface area contributed by atoms with Crippen LogP contribution in [-0.2, 0) is 4.74 Å². The molecule has 4 heteroatoms. The quantitative estimate of drug-likeness (QED) is 0.550. The molecule has 0 N–H and O–H groups in total. The van der Waals surface area contributed by atoms with Crippen molar-refractivity contribution in [2.75, 3.05) is 20.6 Å². The predicted molar refractivity (Wildman–Crippen MR) is 107 cm³/mol. The second kappa shape index (κ2) is 8.35. The van der Waals surface area contributed by atoms with Crippen LogP contribution in [0.3, 0.4) is 0 Å². The third-order valence-electron chi connectivity index (χ3n) is 4.34. The van der Waals surface area contributed by atoms with E-state index in [-0.39, 0.29) is 12.1 Å². The van der Waals surface area contributed by atoms with Crippen LogP contribution in [0.2, 0.25) is 5.02 Å². The van der Waals surface area contributed by atoms with E-state index in [1.54, 1.807) is 0 Å². The maximum Gasteiger partial charge on any atom is 0.339 e. The Morgan fingerprint density at radius 2 is 1.69 bits per heavy atom. The molecule has 0 bridgehead atoms. The van der Waals surface area contributed by atoms with Crippen molar-refractivity contribution in [3.05, 3.63) is 82.9 Å². The number of halogens is 1. The molecular weight excluding hydrogens is 346 g/mol. The Balaban J connectivity index is 1.87. The largest absolute Gasteiger partial charge is 0.454 e. The van der Waals surface area contributed by atoms with Crippen LogP contribution in [0.25, 0.3) is 10.8 Å². The molecule has 0 radical (unpaired) electrons. The lowest BCUT2D eigenvalue weighted by Crippen LogP contribution is -2.19. The maximum absolute atomic E-state index is 12.9. The highest BCUT2D eigenvalue weighted by atomic mass is 35.5. The summed E-state index contributed by atoms with van der Waals surface area (Å²) in [7, 11) is 4.01. The minimum absolute atomic E-state index is 0.305. The minimum atomic E-state index is -0.318. The van der Waals surface area contributed by atoms with E-state index < -0.39 is 0 Å². The summed E-state index contributed by atoms with van der Waals surface area (Å²) in [5.41, 5.74) is 1.54. The summed E-state index contributed by atoms with van der Waals surface area (Å²) in [6.07, 6.45) is 0.395. The van der Waals surface area contributed by atoms with Crippen LogP contribution in [0.15, 0.2) is 66.7 Å². The van der Waals surface area contributed by atoms with Crippen LogP contribution in [-0.4, -0.2) is 31.5 Å². The Hall–Kier alpha value is -2.36. The molecule has 0 aromatic heterocycles. The van der Waals surface area contributed by atoms with Crippen molar-refractivity contribution in [2.45, 2.75) is 12.5 Å². The van der Waals surface area contributed by atoms with Crippen molar-refractivity contribution in [1.82, 2.24) is 4.90 Å². The topological polar surface area (TPSA) is 29.5 Å². The molecule has 0 heterocycles. The second-order valence-corrected chi connectivity index (χ2v) is 7.00. The Bertz CT molecular complexity index is 885. The summed E-state index contributed by atoms with van der Waals surface area (Å²) in [4.78, 5) is 15.0. The van der Waals surface area contributed by atoms with Gasteiger partial charge in [-0.25, -0.2) is 4.79 Å². The molecule has 0 saturated carbocycles. The zero-order chi connectivity index (χ0) is 18.5. The van der Waals surface area contributed by atoms with Crippen molar-refractivity contribution in [3.8, 4) is 0 Å². The van der Waals surface area contributed by atoms with E-state index in [1.165, 1.54) is 0 Å². The van der Waals surface area contributed by atoms with Crippen LogP contribution in [0.5, 0.6) is 0 Å². The smallest absolute Gasteiger partial charge is 0.339 e. The van der Waals surface area contributed by atoms with E-state index in [2.05, 4.69) is 4.90 Å². The molecule has 1 atom stereocenters. The molecule has 0 saturated heterocycles. The molecule has 0 spiro atoms. The van der Waals surface area contributed by atoms with Gasteiger partial charge >= 0.3 is 5.97 Å². The van der Waals surface area contributed by atoms with Crippen molar-refractivity contribution in [1.29, 1.82) is 0 Å². The van der Waals surface area contributed by atoms with Gasteiger partial charge in [0.25, 0.3) is 0 Å². The van der Waals surface area contributed by atoms with Crippen LogP contribution >= 0.6 is 11.6 Å². The summed E-state index contributed by atoms with van der Waals surface area (Å²) in [6.45, 7) is 0.816. The van der Waals surface area contributed by atoms with Gasteiger partial charge in [-0.05, 0) is 48.6 Å². The number of rotatable bonds is 6. The molecular formula is C22H22ClNO2. The average Bonchev–Trinajstić information content (AvgIpc) is 2.65. The number of carbonyl (C=O) groups excluding carboxylic acids is 1. The first-order chi connectivity index (χ1) is 12.5. The van der Waals surface area contributed by atoms with Gasteiger partial charge < -0.3 is 9.64 Å². The van der Waals surface area contributed by atoms with E-state index in [0.29, 0.717) is 17.0 Å². The third kappa shape index (κ3) is 4.43. The SMILES string of the molecule is CN(C)CCC(OC(=O)c1cccc2ccccc12)c1ccc(Cl)cc1. The fraction of sp³-hybridized carbons (Fsp3) is 0.227. The van der Waals surface area contributed by atoms with Crippen molar-refractivity contribution in [2.24, 2.45) is 0 Å². The molecule has 0 amide bonds. The zero-order valence-corrected chi connectivity index (χ0v) is 15.7. The predicted octanol–water partition coefficient (Wildman–Crippen LogP) is 5.34. The molecule has 1 unspecified atom stereocenters. The van der Waals surface area contributed by atoms with E-state index in [9.17, 15) is 4.79 Å². The lowest BCUT2D eigenvalue weighted by Gasteiger charge is -2.21. The molecule has 0 aliphatic rings. The number of nitrogens with zero attached hydrogens (tertiary/aromatic N) is 1. The monoisotopic (exact) mass is 367 g/mol. The van der Waals surface area contributed by atoms with Gasteiger partial charge in [0.05, 0.1) is 5.56 Å². The Kier molecular flexibility index (Phi) is 5.92. The Labute approximate surface area is 159 Å². The highest BCUT2D eigenvalue weighted by Crippen LogP contribution is 2.26. The normalized spacial score (nSPS) is 12.3. The summed E-state index contributed by atoms with van der Waals surface area (Å²) in [5, 5.41) is 2.60. The maximum atomic E-state index is 12.9. The summed E-state index contributed by atoms with van der Waals surface area (Å²) in [5.74, 6) is -0.305. The highest BCUT2D eigenvalue weighted by Gasteiger charge is 2.19. The summed E-state index contributed by atoms with van der Waals surface area (Å²) >= 11 is 5.99. The summed E-state index contributed by atoms with van der Waals surface area (Å²) in [6, 6.07) is 21.0. The summed E-state index contributed by atoms with van der Waals surface area (Å²) < 4.78 is 5.91. The van der Waals surface area contributed by atoms with Gasteiger partial charge in [-0.15, -0.1) is 0 Å². The number of fused-ring (bicyclic) bond motifs is 1. The molecule has 3 rings (SSSR count). The van der Waals surface area contributed by atoms with Crippen LogP contribution in [0, 0.1) is 0 Å². The van der Waals surface area contributed by atoms with Crippen LogP contribution in [0.4, 0.5) is 0 Å². The zero-order valence-electron chi connectivity index (χ0n) is 15.0. The van der Waals surface area contributed by atoms with E-state index in [4.69, 9.17) is 16.3 Å². The number of esters is 1. The van der Waals surface area contributed by atoms with Gasteiger partial charge in [-0.2, -0.15) is 0 Å². The lowest BCUT2D eigenvalue weighted by molar-refractivity contribution is 0.0263. The van der Waals surface area contributed by atoms with Gasteiger partial charge in [-0.1, -0.05) is 60.1 Å². The van der Waals surface area contributed by atoms with Gasteiger partial charge in [0.2, 0.25) is 0 Å². The molecule has 3 aromatic rings. The Morgan fingerprint density at radius 3 is 2.42 bits per heavy atom. The van der Waals surface area contributed by atoms with Crippen molar-refractivity contribution < 1.29 is 9.53 Å². The van der Waals surface area contributed by atoms with E-state index in [1.807, 2.05) is 80.8 Å². The van der Waals surface area contributed by atoms with E-state index >= 15 is 0 Å². The molecule has 3 nitrogen and oxygen atoms in total. The number of hydrogen-bond donors (Lipinski definition) is 0.